The second kappa shape index (κ2) is 37.9. The zero-order chi connectivity index (χ0) is 96.6. The smallest absolute Gasteiger partial charge is 0.355 e. The molecule has 3 atom stereocenters. The molecule has 12 heterocycles. The molecular weight excluding hydrogens is 1820 g/mol. The number of carbonyl (C=O) groups is 3. The molecule has 6 N–H and O–H groups in total. The summed E-state index contributed by atoms with van der Waals surface area (Å²) in [6.45, 7) is 34.9. The minimum Gasteiger partial charge on any atom is -0.397 e. The van der Waals surface area contributed by atoms with Gasteiger partial charge in [-0.25, -0.2) is 91.3 Å². The van der Waals surface area contributed by atoms with Crippen LogP contribution in [0.5, 0.6) is 0 Å². The van der Waals surface area contributed by atoms with Crippen molar-refractivity contribution in [3.05, 3.63) is 242 Å². The highest BCUT2D eigenvalue weighted by Gasteiger charge is 2.39. The molecule has 3 aromatic carbocycles. The molecule has 3 amide bonds. The maximum absolute atomic E-state index is 16.0. The minimum atomic E-state index is -1.96. The molecule has 27 nitrogen and oxygen atoms in total. The highest BCUT2D eigenvalue weighted by molar-refractivity contribution is 6.41. The van der Waals surface area contributed by atoms with Crippen molar-refractivity contribution in [3.63, 3.8) is 0 Å². The van der Waals surface area contributed by atoms with Gasteiger partial charge < -0.3 is 46.6 Å². The van der Waals surface area contributed by atoms with Crippen molar-refractivity contribution in [2.45, 2.75) is 119 Å². The molecule has 690 valence electrons. The quantitative estimate of drug-likeness (QED) is 0.0282. The maximum Gasteiger partial charge on any atom is 0.355 e. The van der Waals surface area contributed by atoms with E-state index in [2.05, 4.69) is 64.6 Å². The molecule has 0 radical (unpaired) electrons. The number of hydrogen-bond donors (Lipinski definition) is 3. The van der Waals surface area contributed by atoms with Crippen LogP contribution in [0.4, 0.5) is 82.8 Å². The first-order valence-corrected chi connectivity index (χ1v) is 42.5. The molecule has 132 heavy (non-hydrogen) atoms. The zero-order valence-electron chi connectivity index (χ0n) is 72.8. The number of aromatic nitrogens is 12. The van der Waals surface area contributed by atoms with Crippen LogP contribution in [-0.2, 0) is 14.4 Å². The van der Waals surface area contributed by atoms with E-state index in [1.54, 1.807) is 101 Å². The van der Waals surface area contributed by atoms with E-state index < -0.39 is 152 Å². The Balaban J connectivity index is 0.000000168. The number of benzene rings is 3. The lowest BCUT2D eigenvalue weighted by molar-refractivity contribution is -0.129. The third kappa shape index (κ3) is 17.2. The van der Waals surface area contributed by atoms with Gasteiger partial charge in [0.25, 0.3) is 0 Å². The summed E-state index contributed by atoms with van der Waals surface area (Å²) in [7, 11) is 0. The summed E-state index contributed by atoms with van der Waals surface area (Å²) in [6, 6.07) is 7.16. The fourth-order valence-corrected chi connectivity index (χ4v) is 17.4. The Morgan fingerprint density at radius 3 is 0.992 bits per heavy atom. The second-order valence-electron chi connectivity index (χ2n) is 32.5. The van der Waals surface area contributed by atoms with Crippen LogP contribution in [0.15, 0.2) is 107 Å². The van der Waals surface area contributed by atoms with Crippen LogP contribution in [0.3, 0.4) is 0 Å². The molecule has 0 spiro atoms. The van der Waals surface area contributed by atoms with E-state index in [0.29, 0.717) is 57.4 Å². The van der Waals surface area contributed by atoms with E-state index in [9.17, 15) is 55.1 Å². The molecule has 3 saturated heterocycles. The molecule has 9 aromatic heterocycles. The van der Waals surface area contributed by atoms with E-state index in [4.69, 9.17) is 63.6 Å². The van der Waals surface area contributed by atoms with Crippen LogP contribution < -0.4 is 49.0 Å². The van der Waals surface area contributed by atoms with Gasteiger partial charge in [-0.1, -0.05) is 108 Å². The number of hydrogen-bond acceptors (Lipinski definition) is 21. The third-order valence-electron chi connectivity index (χ3n) is 22.9. The van der Waals surface area contributed by atoms with E-state index in [1.165, 1.54) is 22.8 Å². The average molecular weight is 1910 g/mol. The van der Waals surface area contributed by atoms with E-state index in [1.807, 2.05) is 48.5 Å². The number of anilines is 6. The lowest BCUT2D eigenvalue weighted by Gasteiger charge is -2.40. The van der Waals surface area contributed by atoms with Gasteiger partial charge in [-0.2, -0.15) is 15.0 Å². The van der Waals surface area contributed by atoms with Crippen molar-refractivity contribution in [2.24, 2.45) is 0 Å². The Bertz CT molecular complexity index is 6310. The van der Waals surface area contributed by atoms with E-state index in [-0.39, 0.29) is 157 Å². The van der Waals surface area contributed by atoms with E-state index in [0.717, 1.165) is 27.3 Å². The number of piperazine rings is 3. The first-order chi connectivity index (χ1) is 62.3. The molecule has 0 saturated carbocycles. The predicted molar refractivity (Wildman–Crippen MR) is 485 cm³/mol. The third-order valence-corrected chi connectivity index (χ3v) is 24.4. The molecule has 3 aliphatic rings. The zero-order valence-corrected chi connectivity index (χ0v) is 75.8. The number of aryl methyl sites for hydroxylation is 3. The highest BCUT2D eigenvalue weighted by Crippen LogP contribution is 2.47. The summed E-state index contributed by atoms with van der Waals surface area (Å²) in [5.41, 5.74) is 11.6. The number of nitrogens with zero attached hydrogens (tertiary/aromatic N) is 18. The topological polar surface area (TPSA) is 331 Å². The SMILES string of the molecule is C=CC(=O)N1CCN(c2nc(=O)n(-c3c(C)ccnc3C(C)C)c3nc(-c4c(Cl)c(N)c(F)c(F)c4Cl)c(F)cc23)C[C@H]1C.C=CC(=O)N1CCN(c2nc(=O)n(-c3c(C)ccnc3C(C)C)c3nc(-c4c(F)c(N)c(F)c(F)c4Cl)c(F)cc23)C[C@H]1C.C=CC(=O)N1CCN(c2nc(=O)n(-c3c(C)ccnc3C(C)C)c3nc(-c4c(N)c(Cl)c(F)c(F)c4F)c(F)cc23)C[C@H]1C. The van der Waals surface area contributed by atoms with Gasteiger partial charge in [0.15, 0.2) is 75.1 Å². The van der Waals surface area contributed by atoms with Crippen LogP contribution >= 0.6 is 46.4 Å². The van der Waals surface area contributed by atoms with Crippen LogP contribution in [0, 0.1) is 84.8 Å². The fourth-order valence-electron chi connectivity index (χ4n) is 16.4. The first-order valence-electron chi connectivity index (χ1n) is 41.0. The van der Waals surface area contributed by atoms with Crippen LogP contribution in [0.2, 0.25) is 20.1 Å². The maximum atomic E-state index is 16.0. The normalized spacial score (nSPS) is 15.4. The van der Waals surface area contributed by atoms with Gasteiger partial charge in [0, 0.05) is 101 Å². The number of halogens is 15. The van der Waals surface area contributed by atoms with Gasteiger partial charge in [-0.05, 0) is 131 Å². The number of amides is 3. The van der Waals surface area contributed by atoms with Gasteiger partial charge >= 0.3 is 17.1 Å². The largest absolute Gasteiger partial charge is 0.397 e. The molecule has 0 bridgehead atoms. The lowest BCUT2D eigenvalue weighted by Crippen LogP contribution is -2.54. The monoisotopic (exact) mass is 1900 g/mol. The number of carbonyl (C=O) groups excluding carboxylic acids is 3. The van der Waals surface area contributed by atoms with Crippen LogP contribution in [0.1, 0.15) is 114 Å². The van der Waals surface area contributed by atoms with Crippen molar-refractivity contribution in [1.82, 2.24) is 73.3 Å². The van der Waals surface area contributed by atoms with Gasteiger partial charge in [-0.3, -0.25) is 29.3 Å². The van der Waals surface area contributed by atoms with Crippen LogP contribution in [-0.4, -0.2) is 168 Å². The van der Waals surface area contributed by atoms with E-state index >= 15 is 22.0 Å². The Morgan fingerprint density at radius 1 is 0.386 bits per heavy atom. The van der Waals surface area contributed by atoms with Crippen LogP contribution in [0.25, 0.3) is 83.9 Å². The lowest BCUT2D eigenvalue weighted by atomic mass is 10.0. The highest BCUT2D eigenvalue weighted by atomic mass is 35.5. The minimum absolute atomic E-state index is 0.0536. The van der Waals surface area contributed by atoms with Gasteiger partial charge in [0.2, 0.25) is 17.7 Å². The predicted octanol–water partition coefficient (Wildman–Crippen LogP) is 16.4. The van der Waals surface area contributed by atoms with Gasteiger partial charge in [0.05, 0.1) is 87.9 Å². The number of nitrogens with two attached hydrogens (primary N) is 3. The number of pyridine rings is 6. The first kappa shape index (κ1) is 96.4. The second-order valence-corrected chi connectivity index (χ2v) is 34.0. The summed E-state index contributed by atoms with van der Waals surface area (Å²) in [5, 5.41) is -3.12. The molecule has 3 aliphatic heterocycles. The summed E-state index contributed by atoms with van der Waals surface area (Å²) in [6.07, 6.45) is 8.40. The number of fused-ring (bicyclic) bond motifs is 3. The summed E-state index contributed by atoms with van der Waals surface area (Å²) >= 11 is 24.2. The molecule has 15 rings (SSSR count). The summed E-state index contributed by atoms with van der Waals surface area (Å²) < 4.78 is 168. The standard InChI is InChI=1S/C30H28Cl2F3N7O2.2C30H28ClF4N7O2/c1-6-18(43)41-10-9-40(12-15(41)5)28-16-11-17(33)26(19-20(31)22(34)23(35)24(36)21(19)32)38-29(16)42(30(44)39-28)27-14(4)7-8-37-25(27)13(2)3;1-6-18(43)41-10-9-40(12-15(41)5)28-16-11-17(32)26(19-21(33)23(35)22(34)20(31)24(19)36)38-29(16)42(30(44)39-28)27-14(4)7-8-37-25(27)13(2)3;1-6-18(43)41-10-9-40(12-15(41)5)28-16-11-17(32)26(19-20(31)22(34)23(35)24(36)21(19)33)38-29(16)42(30(44)39-28)27-14(4)7-8-37-25(27)13(2)3/h3*6-8,11,13,15H,1,9-10,12,36H2,2-5H3/t3*15-/m111/s1. The Kier molecular flexibility index (Phi) is 27.7. The summed E-state index contributed by atoms with van der Waals surface area (Å²) in [4.78, 5) is 128. The Hall–Kier alpha value is -13.2. The molecule has 3 fully saturated rings. The van der Waals surface area contributed by atoms with Gasteiger partial charge in [-0.15, -0.1) is 0 Å². The number of rotatable bonds is 15. The van der Waals surface area contributed by atoms with Crippen molar-refractivity contribution in [1.29, 1.82) is 0 Å². The molecule has 12 aromatic rings. The van der Waals surface area contributed by atoms with Crippen molar-refractivity contribution < 1.29 is 62.7 Å². The van der Waals surface area contributed by atoms with Crippen molar-refractivity contribution >= 4 is 132 Å². The fraction of sp³-hybridized carbons (Fsp3) is 0.300. The Labute approximate surface area is 766 Å². The van der Waals surface area contributed by atoms with Crippen molar-refractivity contribution in [2.75, 3.05) is 90.8 Å². The molecule has 42 heteroatoms. The summed E-state index contributed by atoms with van der Waals surface area (Å²) in [5.74, 6) is -17.7. The Morgan fingerprint density at radius 2 is 0.682 bits per heavy atom. The molecule has 0 aliphatic carbocycles. The number of nitrogen functional groups attached to an aromatic ring is 3. The average Bonchev–Trinajstić information content (AvgIpc) is 0.736. The van der Waals surface area contributed by atoms with Crippen molar-refractivity contribution in [3.8, 4) is 50.8 Å². The molecular formula is C90H84Cl4F11N21O6. The van der Waals surface area contributed by atoms with Gasteiger partial charge in [0.1, 0.15) is 51.1 Å². The molecule has 0 unspecified atom stereocenters.